The number of hydrogen-bond donors (Lipinski definition) is 2. The fraction of sp³-hybridized carbons (Fsp3) is 0.312. The highest BCUT2D eigenvalue weighted by Gasteiger charge is 2.52. The van der Waals surface area contributed by atoms with Crippen LogP contribution >= 0.6 is 0 Å². The van der Waals surface area contributed by atoms with E-state index in [9.17, 15) is 14.4 Å². The fourth-order valence-corrected chi connectivity index (χ4v) is 6.02. The molecule has 2 fully saturated rings. The van der Waals surface area contributed by atoms with Gasteiger partial charge < -0.3 is 15.1 Å². The third-order valence-electron chi connectivity index (χ3n) is 8.04. The SMILES string of the molecule is CCCN(C(=O)NCc1ccccc1)N1CC(=O)N2[C@@H](Cc3ccccc3)C(=O)N(Cc3cccc4[nH]ncc34)C[C@@H]21. The molecule has 10 heteroatoms. The van der Waals surface area contributed by atoms with Gasteiger partial charge in [-0.25, -0.2) is 4.79 Å². The first kappa shape index (κ1) is 27.5. The van der Waals surface area contributed by atoms with Crippen LogP contribution in [0.1, 0.15) is 30.0 Å². The number of aromatic nitrogens is 2. The molecule has 4 amide bonds. The molecule has 0 bridgehead atoms. The predicted octanol–water partition coefficient (Wildman–Crippen LogP) is 3.52. The number of aromatic amines is 1. The maximum atomic E-state index is 14.1. The third kappa shape index (κ3) is 5.45. The van der Waals surface area contributed by atoms with E-state index < -0.39 is 12.2 Å². The number of urea groups is 1. The van der Waals surface area contributed by atoms with E-state index in [1.807, 2.05) is 95.7 Å². The van der Waals surface area contributed by atoms with Crippen molar-refractivity contribution in [3.63, 3.8) is 0 Å². The lowest BCUT2D eigenvalue weighted by Crippen LogP contribution is -2.66. The second-order valence-corrected chi connectivity index (χ2v) is 10.8. The average Bonchev–Trinajstić information content (AvgIpc) is 3.63. The van der Waals surface area contributed by atoms with Gasteiger partial charge in [0.15, 0.2) is 0 Å². The number of carbonyl (C=O) groups is 3. The van der Waals surface area contributed by atoms with E-state index in [-0.39, 0.29) is 30.9 Å². The van der Waals surface area contributed by atoms with Crippen molar-refractivity contribution >= 4 is 28.7 Å². The number of rotatable bonds is 9. The summed E-state index contributed by atoms with van der Waals surface area (Å²) in [5.74, 6) is -0.246. The normalized spacial score (nSPS) is 18.9. The van der Waals surface area contributed by atoms with Crippen molar-refractivity contribution in [2.75, 3.05) is 19.6 Å². The molecule has 0 aliphatic carbocycles. The van der Waals surface area contributed by atoms with Crippen molar-refractivity contribution in [2.24, 2.45) is 0 Å². The smallest absolute Gasteiger partial charge is 0.332 e. The molecule has 0 saturated carbocycles. The Hall–Kier alpha value is -4.70. The molecule has 0 radical (unpaired) electrons. The molecule has 1 aromatic heterocycles. The van der Waals surface area contributed by atoms with E-state index in [4.69, 9.17) is 0 Å². The third-order valence-corrected chi connectivity index (χ3v) is 8.04. The van der Waals surface area contributed by atoms with Crippen LogP contribution in [0.5, 0.6) is 0 Å². The largest absolute Gasteiger partial charge is 0.333 e. The molecule has 6 rings (SSSR count). The molecule has 2 aliphatic heterocycles. The zero-order valence-electron chi connectivity index (χ0n) is 23.6. The summed E-state index contributed by atoms with van der Waals surface area (Å²) in [6, 6.07) is 24.5. The molecular formula is C32H35N7O3. The van der Waals surface area contributed by atoms with E-state index in [1.165, 1.54) is 0 Å². The number of carbonyl (C=O) groups excluding carboxylic acids is 3. The quantitative estimate of drug-likeness (QED) is 0.323. The summed E-state index contributed by atoms with van der Waals surface area (Å²) < 4.78 is 0. The fourth-order valence-electron chi connectivity index (χ4n) is 6.02. The first-order valence-corrected chi connectivity index (χ1v) is 14.4. The first-order chi connectivity index (χ1) is 20.5. The molecule has 2 atom stereocenters. The first-order valence-electron chi connectivity index (χ1n) is 14.4. The molecule has 2 N–H and O–H groups in total. The van der Waals surface area contributed by atoms with Crippen LogP contribution in [-0.2, 0) is 29.1 Å². The molecule has 3 aromatic carbocycles. The number of amides is 4. The second kappa shape index (κ2) is 12.0. The van der Waals surface area contributed by atoms with Crippen molar-refractivity contribution in [3.8, 4) is 0 Å². The van der Waals surface area contributed by atoms with Crippen molar-refractivity contribution < 1.29 is 14.4 Å². The minimum absolute atomic E-state index is 0.0349. The van der Waals surface area contributed by atoms with Crippen LogP contribution in [0.4, 0.5) is 4.79 Å². The number of hydrazine groups is 1. The van der Waals surface area contributed by atoms with Crippen LogP contribution < -0.4 is 5.32 Å². The summed E-state index contributed by atoms with van der Waals surface area (Å²) in [4.78, 5) is 44.8. The van der Waals surface area contributed by atoms with Crippen LogP contribution in [-0.4, -0.2) is 79.7 Å². The highest BCUT2D eigenvalue weighted by molar-refractivity contribution is 5.92. The summed E-state index contributed by atoms with van der Waals surface area (Å²) in [6.45, 7) is 3.54. The Morgan fingerprint density at radius 2 is 1.74 bits per heavy atom. The van der Waals surface area contributed by atoms with Gasteiger partial charge in [-0.1, -0.05) is 79.7 Å². The van der Waals surface area contributed by atoms with E-state index in [0.717, 1.165) is 34.0 Å². The Morgan fingerprint density at radius 3 is 2.48 bits per heavy atom. The van der Waals surface area contributed by atoms with Crippen molar-refractivity contribution in [3.05, 3.63) is 102 Å². The van der Waals surface area contributed by atoms with Gasteiger partial charge in [0.05, 0.1) is 24.8 Å². The van der Waals surface area contributed by atoms with Gasteiger partial charge in [-0.2, -0.15) is 10.1 Å². The molecule has 216 valence electrons. The molecule has 3 heterocycles. The Morgan fingerprint density at radius 1 is 1.00 bits per heavy atom. The zero-order chi connectivity index (χ0) is 29.1. The number of H-pyrrole nitrogens is 1. The van der Waals surface area contributed by atoms with Gasteiger partial charge in [-0.15, -0.1) is 0 Å². The van der Waals surface area contributed by atoms with Gasteiger partial charge in [0.25, 0.3) is 0 Å². The van der Waals surface area contributed by atoms with Crippen LogP contribution in [0.2, 0.25) is 0 Å². The molecule has 0 spiro atoms. The Labute approximate surface area is 244 Å². The minimum Gasteiger partial charge on any atom is -0.333 e. The van der Waals surface area contributed by atoms with E-state index >= 15 is 0 Å². The number of fused-ring (bicyclic) bond motifs is 2. The van der Waals surface area contributed by atoms with Crippen LogP contribution in [0, 0.1) is 0 Å². The van der Waals surface area contributed by atoms with Crippen molar-refractivity contribution in [1.82, 2.24) is 35.3 Å². The summed E-state index contributed by atoms with van der Waals surface area (Å²) in [5.41, 5.74) is 3.85. The van der Waals surface area contributed by atoms with Gasteiger partial charge in [-0.05, 0) is 29.2 Å². The molecule has 10 nitrogen and oxygen atoms in total. The molecule has 0 unspecified atom stereocenters. The van der Waals surface area contributed by atoms with E-state index in [0.29, 0.717) is 26.1 Å². The Kier molecular flexibility index (Phi) is 7.87. The topological polar surface area (TPSA) is 105 Å². The lowest BCUT2D eigenvalue weighted by molar-refractivity contribution is -0.157. The van der Waals surface area contributed by atoms with Gasteiger partial charge >= 0.3 is 6.03 Å². The molecule has 2 saturated heterocycles. The van der Waals surface area contributed by atoms with Crippen LogP contribution in [0.15, 0.2) is 85.1 Å². The van der Waals surface area contributed by atoms with Gasteiger partial charge in [0.2, 0.25) is 11.8 Å². The number of benzene rings is 3. The maximum Gasteiger partial charge on any atom is 0.332 e. The van der Waals surface area contributed by atoms with Crippen LogP contribution in [0.25, 0.3) is 10.9 Å². The van der Waals surface area contributed by atoms with Crippen LogP contribution in [0.3, 0.4) is 0 Å². The molecule has 2 aliphatic rings. The Bertz CT molecular complexity index is 1560. The predicted molar refractivity (Wildman–Crippen MR) is 158 cm³/mol. The van der Waals surface area contributed by atoms with Crippen molar-refractivity contribution in [2.45, 2.75) is 45.1 Å². The maximum absolute atomic E-state index is 14.1. The number of hydrogen-bond acceptors (Lipinski definition) is 5. The molecule has 42 heavy (non-hydrogen) atoms. The van der Waals surface area contributed by atoms with Gasteiger partial charge in [-0.3, -0.25) is 19.7 Å². The number of piperazine rings is 1. The summed E-state index contributed by atoms with van der Waals surface area (Å²) >= 11 is 0. The number of nitrogens with one attached hydrogen (secondary N) is 2. The highest BCUT2D eigenvalue weighted by Crippen LogP contribution is 2.31. The van der Waals surface area contributed by atoms with E-state index in [1.54, 1.807) is 16.1 Å². The molecule has 4 aromatic rings. The average molecular weight is 566 g/mol. The lowest BCUT2D eigenvalue weighted by Gasteiger charge is -2.46. The summed E-state index contributed by atoms with van der Waals surface area (Å²) in [5, 5.41) is 14.7. The monoisotopic (exact) mass is 565 g/mol. The van der Waals surface area contributed by atoms with Crippen molar-refractivity contribution in [1.29, 1.82) is 0 Å². The summed E-state index contributed by atoms with van der Waals surface area (Å²) in [6.07, 6.45) is 2.42. The van der Waals surface area contributed by atoms with Gasteiger partial charge in [0.1, 0.15) is 12.2 Å². The Balaban J connectivity index is 1.30. The lowest BCUT2D eigenvalue weighted by atomic mass is 9.99. The van der Waals surface area contributed by atoms with Gasteiger partial charge in [0, 0.05) is 31.4 Å². The standard InChI is InChI=1S/C32H35N7O3/c1-2-16-37(32(42)33-18-24-12-7-4-8-13-24)38-22-30(40)39-28(17-23-10-5-3-6-11-23)31(41)36(21-29(38)39)20-25-14-9-15-27-26(25)19-34-35-27/h3-15,19,28-29H,2,16-18,20-22H2,1H3,(H,33,42)(H,34,35)/t28-,29+/m0/s1. The number of nitrogens with zero attached hydrogens (tertiary/aromatic N) is 5. The highest BCUT2D eigenvalue weighted by atomic mass is 16.2. The minimum atomic E-state index is -0.678. The molecular weight excluding hydrogens is 530 g/mol. The van der Waals surface area contributed by atoms with E-state index in [2.05, 4.69) is 15.5 Å². The second-order valence-electron chi connectivity index (χ2n) is 10.8. The summed E-state index contributed by atoms with van der Waals surface area (Å²) in [7, 11) is 0. The zero-order valence-corrected chi connectivity index (χ0v) is 23.6.